The van der Waals surface area contributed by atoms with Crippen molar-refractivity contribution in [3.63, 3.8) is 0 Å². The van der Waals surface area contributed by atoms with E-state index >= 15 is 0 Å². The molecule has 0 bridgehead atoms. The number of fused-ring (bicyclic) bond motifs is 2. The number of benzene rings is 2. The van der Waals surface area contributed by atoms with Crippen molar-refractivity contribution in [3.05, 3.63) is 58.3 Å². The van der Waals surface area contributed by atoms with E-state index in [9.17, 15) is 13.6 Å². The highest BCUT2D eigenvalue weighted by Crippen LogP contribution is 2.27. The van der Waals surface area contributed by atoms with Gasteiger partial charge >= 0.3 is 0 Å². The van der Waals surface area contributed by atoms with Gasteiger partial charge in [0.1, 0.15) is 17.2 Å². The summed E-state index contributed by atoms with van der Waals surface area (Å²) < 4.78 is 31.5. The Hall–Kier alpha value is -2.23. The van der Waals surface area contributed by atoms with Crippen molar-refractivity contribution < 1.29 is 13.2 Å². The van der Waals surface area contributed by atoms with Crippen molar-refractivity contribution >= 4 is 11.0 Å². The van der Waals surface area contributed by atoms with Gasteiger partial charge in [-0.1, -0.05) is 0 Å². The Bertz CT molecular complexity index is 746. The Kier molecular flexibility index (Phi) is 1.98. The standard InChI is InChI=1S/C13H6F2O2/c14-9-1-2-12-7(4-9)3-8-5-10(15)11(16)6-13(8)17-12/h1-6H. The molecule has 84 valence electrons. The van der Waals surface area contributed by atoms with E-state index in [2.05, 4.69) is 0 Å². The summed E-state index contributed by atoms with van der Waals surface area (Å²) in [5.74, 6) is -0.952. The largest absolute Gasteiger partial charge is 0.456 e. The molecular weight excluding hydrogens is 226 g/mol. The van der Waals surface area contributed by atoms with Crippen LogP contribution in [0.4, 0.5) is 8.78 Å². The van der Waals surface area contributed by atoms with Gasteiger partial charge < -0.3 is 4.42 Å². The molecule has 0 fully saturated rings. The lowest BCUT2D eigenvalue weighted by Crippen LogP contribution is -2.05. The number of halogens is 2. The van der Waals surface area contributed by atoms with E-state index in [-0.39, 0.29) is 5.76 Å². The molecule has 0 unspecified atom stereocenters. The Morgan fingerprint density at radius 3 is 2.65 bits per heavy atom. The van der Waals surface area contributed by atoms with E-state index in [1.165, 1.54) is 18.2 Å². The SMILES string of the molecule is O=c1cc2oc3ccc(F)cc3cc-2cc1F. The molecule has 17 heavy (non-hydrogen) atoms. The summed E-state index contributed by atoms with van der Waals surface area (Å²) in [7, 11) is 0. The van der Waals surface area contributed by atoms with E-state index in [1.807, 2.05) is 0 Å². The molecule has 1 aliphatic heterocycles. The summed E-state index contributed by atoms with van der Waals surface area (Å²) in [6.45, 7) is 0. The fraction of sp³-hybridized carbons (Fsp3) is 0. The zero-order chi connectivity index (χ0) is 12.0. The van der Waals surface area contributed by atoms with Crippen molar-refractivity contribution in [1.29, 1.82) is 0 Å². The third kappa shape index (κ3) is 1.58. The molecular formula is C13H6F2O2. The van der Waals surface area contributed by atoms with Crippen LogP contribution in [0.25, 0.3) is 22.3 Å². The van der Waals surface area contributed by atoms with E-state index in [0.29, 0.717) is 16.5 Å². The van der Waals surface area contributed by atoms with Crippen LogP contribution in [0.2, 0.25) is 0 Å². The highest BCUT2D eigenvalue weighted by molar-refractivity contribution is 5.82. The average Bonchev–Trinajstić information content (AvgIpc) is 2.28. The second kappa shape index (κ2) is 3.38. The molecule has 3 rings (SSSR count). The second-order valence-corrected chi connectivity index (χ2v) is 3.75. The van der Waals surface area contributed by atoms with Crippen LogP contribution in [0.3, 0.4) is 0 Å². The first kappa shape index (κ1) is 9.96. The van der Waals surface area contributed by atoms with Gasteiger partial charge in [-0.2, -0.15) is 0 Å². The maximum Gasteiger partial charge on any atom is 0.217 e. The Labute approximate surface area is 94.4 Å². The van der Waals surface area contributed by atoms with Crippen LogP contribution in [0.15, 0.2) is 45.6 Å². The van der Waals surface area contributed by atoms with Gasteiger partial charge in [0.05, 0.1) is 0 Å². The van der Waals surface area contributed by atoms with Gasteiger partial charge in [0.15, 0.2) is 5.82 Å². The van der Waals surface area contributed by atoms with Gasteiger partial charge in [-0.25, -0.2) is 8.78 Å². The monoisotopic (exact) mass is 232 g/mol. The molecule has 0 saturated heterocycles. The van der Waals surface area contributed by atoms with Gasteiger partial charge in [-0.15, -0.1) is 0 Å². The first-order valence-electron chi connectivity index (χ1n) is 4.96. The molecule has 0 N–H and O–H groups in total. The minimum atomic E-state index is -0.844. The highest BCUT2D eigenvalue weighted by Gasteiger charge is 2.11. The molecule has 1 aromatic carbocycles. The predicted molar refractivity (Wildman–Crippen MR) is 59.0 cm³/mol. The highest BCUT2D eigenvalue weighted by atomic mass is 19.1. The fourth-order valence-electron chi connectivity index (χ4n) is 1.76. The van der Waals surface area contributed by atoms with Crippen LogP contribution in [0.1, 0.15) is 0 Å². The van der Waals surface area contributed by atoms with Crippen molar-refractivity contribution in [1.82, 2.24) is 0 Å². The molecule has 4 heteroatoms. The van der Waals surface area contributed by atoms with Crippen LogP contribution in [0.5, 0.6) is 0 Å². The lowest BCUT2D eigenvalue weighted by Gasteiger charge is -2.06. The van der Waals surface area contributed by atoms with Crippen LogP contribution in [-0.4, -0.2) is 0 Å². The van der Waals surface area contributed by atoms with Crippen LogP contribution >= 0.6 is 0 Å². The van der Waals surface area contributed by atoms with Gasteiger partial charge in [-0.05, 0) is 30.3 Å². The minimum Gasteiger partial charge on any atom is -0.456 e. The van der Waals surface area contributed by atoms with E-state index < -0.39 is 17.1 Å². The molecule has 0 radical (unpaired) electrons. The second-order valence-electron chi connectivity index (χ2n) is 3.75. The number of hydrogen-bond donors (Lipinski definition) is 0. The van der Waals surface area contributed by atoms with E-state index in [0.717, 1.165) is 12.1 Å². The molecule has 0 amide bonds. The summed E-state index contributed by atoms with van der Waals surface area (Å²) in [4.78, 5) is 11.1. The van der Waals surface area contributed by atoms with Crippen LogP contribution in [0, 0.1) is 11.6 Å². The van der Waals surface area contributed by atoms with Crippen molar-refractivity contribution in [2.75, 3.05) is 0 Å². The fourth-order valence-corrected chi connectivity index (χ4v) is 1.76. The normalized spacial score (nSPS) is 11.2. The third-order valence-corrected chi connectivity index (χ3v) is 2.57. The minimum absolute atomic E-state index is 0.288. The van der Waals surface area contributed by atoms with Gasteiger partial charge in [0.2, 0.25) is 5.43 Å². The molecule has 1 heterocycles. The van der Waals surface area contributed by atoms with Crippen LogP contribution in [-0.2, 0) is 0 Å². The maximum atomic E-state index is 13.1. The molecule has 2 aliphatic rings. The van der Waals surface area contributed by atoms with Crippen molar-refractivity contribution in [3.8, 4) is 11.3 Å². The number of hydrogen-bond acceptors (Lipinski definition) is 2. The summed E-state index contributed by atoms with van der Waals surface area (Å²) in [5.41, 5.74) is 0.160. The molecule has 1 aliphatic carbocycles. The quantitative estimate of drug-likeness (QED) is 0.557. The Morgan fingerprint density at radius 2 is 1.82 bits per heavy atom. The smallest absolute Gasteiger partial charge is 0.217 e. The third-order valence-electron chi connectivity index (χ3n) is 2.57. The molecule has 1 aromatic rings. The van der Waals surface area contributed by atoms with Crippen molar-refractivity contribution in [2.24, 2.45) is 0 Å². The van der Waals surface area contributed by atoms with Gasteiger partial charge in [-0.3, -0.25) is 4.79 Å². The van der Waals surface area contributed by atoms with E-state index in [4.69, 9.17) is 4.42 Å². The summed E-state index contributed by atoms with van der Waals surface area (Å²) in [5, 5.41) is 0.524. The zero-order valence-corrected chi connectivity index (χ0v) is 8.54. The summed E-state index contributed by atoms with van der Waals surface area (Å²) in [6.07, 6.45) is 0. The van der Waals surface area contributed by atoms with Gasteiger partial charge in [0.25, 0.3) is 0 Å². The predicted octanol–water partition coefficient (Wildman–Crippen LogP) is 3.18. The lowest BCUT2D eigenvalue weighted by molar-refractivity contribution is 0.594. The summed E-state index contributed by atoms with van der Waals surface area (Å²) in [6, 6.07) is 7.79. The molecule has 0 aromatic heterocycles. The molecule has 0 atom stereocenters. The first-order valence-corrected chi connectivity index (χ1v) is 4.96. The summed E-state index contributed by atoms with van der Waals surface area (Å²) >= 11 is 0. The van der Waals surface area contributed by atoms with E-state index in [1.54, 1.807) is 6.07 Å². The van der Waals surface area contributed by atoms with Gasteiger partial charge in [0, 0.05) is 17.0 Å². The van der Waals surface area contributed by atoms with Crippen molar-refractivity contribution in [2.45, 2.75) is 0 Å². The first-order chi connectivity index (χ1) is 8.13. The Morgan fingerprint density at radius 1 is 1.00 bits per heavy atom. The maximum absolute atomic E-state index is 13.1. The number of rotatable bonds is 0. The zero-order valence-electron chi connectivity index (χ0n) is 8.54. The lowest BCUT2D eigenvalue weighted by atomic mass is 10.1. The molecule has 2 nitrogen and oxygen atoms in total. The molecule has 0 spiro atoms. The topological polar surface area (TPSA) is 30.2 Å². The van der Waals surface area contributed by atoms with Crippen LogP contribution < -0.4 is 5.43 Å². The average molecular weight is 232 g/mol. The Balaban J connectivity index is 2.45. The molecule has 0 saturated carbocycles.